The largest absolute Gasteiger partial charge is 0.416 e. The zero-order valence-electron chi connectivity index (χ0n) is 16.8. The molecule has 0 unspecified atom stereocenters. The van der Waals surface area contributed by atoms with Crippen LogP contribution >= 0.6 is 0 Å². The lowest BCUT2D eigenvalue weighted by molar-refractivity contribution is -0.156. The number of hydrogen-bond donors (Lipinski definition) is 2. The van der Waals surface area contributed by atoms with Crippen LogP contribution in [0.25, 0.3) is 0 Å². The number of nitrogens with one attached hydrogen (secondary N) is 1. The van der Waals surface area contributed by atoms with Crippen molar-refractivity contribution in [2.45, 2.75) is 70.0 Å². The molecule has 1 aliphatic heterocycles. The Labute approximate surface area is 169 Å². The van der Waals surface area contributed by atoms with E-state index < -0.39 is 52.1 Å². The number of piperidine rings is 1. The van der Waals surface area contributed by atoms with Gasteiger partial charge in [-0.2, -0.15) is 26.3 Å². The summed E-state index contributed by atoms with van der Waals surface area (Å²) in [6.45, 7) is 6.74. The number of anilines is 1. The molecule has 0 aliphatic carbocycles. The second-order valence-electron chi connectivity index (χ2n) is 8.68. The van der Waals surface area contributed by atoms with E-state index in [4.69, 9.17) is 5.73 Å². The first-order chi connectivity index (χ1) is 13.3. The van der Waals surface area contributed by atoms with Crippen molar-refractivity contribution in [2.75, 3.05) is 5.32 Å². The predicted molar refractivity (Wildman–Crippen MR) is 97.3 cm³/mol. The number of amides is 2. The van der Waals surface area contributed by atoms with Crippen LogP contribution in [0.5, 0.6) is 0 Å². The third-order valence-electron chi connectivity index (χ3n) is 4.98. The zero-order valence-corrected chi connectivity index (χ0v) is 16.8. The van der Waals surface area contributed by atoms with Gasteiger partial charge in [-0.25, -0.2) is 0 Å². The molecule has 1 aromatic rings. The molecule has 1 aromatic carbocycles. The Morgan fingerprint density at radius 2 is 1.33 bits per heavy atom. The fourth-order valence-electron chi connectivity index (χ4n) is 4.22. The van der Waals surface area contributed by atoms with Crippen molar-refractivity contribution < 1.29 is 35.9 Å². The van der Waals surface area contributed by atoms with Crippen LogP contribution in [0.15, 0.2) is 18.2 Å². The first-order valence-electron chi connectivity index (χ1n) is 9.05. The Kier molecular flexibility index (Phi) is 5.94. The van der Waals surface area contributed by atoms with Crippen LogP contribution < -0.4 is 11.1 Å². The normalized spacial score (nSPS) is 19.5. The Morgan fingerprint density at radius 3 is 1.70 bits per heavy atom. The van der Waals surface area contributed by atoms with Gasteiger partial charge in [-0.3, -0.25) is 9.59 Å². The van der Waals surface area contributed by atoms with E-state index in [1.165, 1.54) is 4.90 Å². The molecule has 0 bridgehead atoms. The van der Waals surface area contributed by atoms with Gasteiger partial charge in [-0.15, -0.1) is 0 Å². The molecular weight excluding hydrogens is 416 g/mol. The summed E-state index contributed by atoms with van der Waals surface area (Å²) in [6.07, 6.45) is -9.40. The molecule has 2 amide bonds. The van der Waals surface area contributed by atoms with Gasteiger partial charge < -0.3 is 16.0 Å². The van der Waals surface area contributed by atoms with Gasteiger partial charge in [-0.05, 0) is 58.7 Å². The molecule has 3 N–H and O–H groups in total. The van der Waals surface area contributed by atoms with Crippen LogP contribution in [0.2, 0.25) is 0 Å². The summed E-state index contributed by atoms with van der Waals surface area (Å²) in [5, 5.41) is 1.89. The van der Waals surface area contributed by atoms with Crippen molar-refractivity contribution in [3.05, 3.63) is 29.3 Å². The average molecular weight is 439 g/mol. The third kappa shape index (κ3) is 5.05. The second-order valence-corrected chi connectivity index (χ2v) is 8.68. The lowest BCUT2D eigenvalue weighted by atomic mass is 9.77. The minimum absolute atomic E-state index is 0.0598. The first kappa shape index (κ1) is 24.0. The minimum Gasteiger partial charge on any atom is -0.328 e. The number of rotatable bonds is 1. The quantitative estimate of drug-likeness (QED) is 0.510. The molecule has 0 spiro atoms. The molecular formula is C19H23F6N3O2. The highest BCUT2D eigenvalue weighted by Crippen LogP contribution is 2.39. The topological polar surface area (TPSA) is 75.4 Å². The molecule has 5 nitrogen and oxygen atoms in total. The monoisotopic (exact) mass is 439 g/mol. The Bertz CT molecular complexity index is 795. The molecule has 168 valence electrons. The highest BCUT2D eigenvalue weighted by atomic mass is 19.4. The lowest BCUT2D eigenvalue weighted by Crippen LogP contribution is -2.66. The van der Waals surface area contributed by atoms with Gasteiger partial charge in [0.15, 0.2) is 0 Å². The Morgan fingerprint density at radius 1 is 0.933 bits per heavy atom. The van der Waals surface area contributed by atoms with Gasteiger partial charge in [0.05, 0.1) is 11.1 Å². The number of hydrogen-bond acceptors (Lipinski definition) is 3. The molecule has 1 fully saturated rings. The van der Waals surface area contributed by atoms with E-state index in [1.807, 2.05) is 5.32 Å². The fraction of sp³-hybridized carbons (Fsp3) is 0.579. The minimum atomic E-state index is -5.07. The van der Waals surface area contributed by atoms with E-state index in [2.05, 4.69) is 0 Å². The molecule has 0 atom stereocenters. The Hall–Kier alpha value is -2.30. The van der Waals surface area contributed by atoms with Gasteiger partial charge in [-0.1, -0.05) is 0 Å². The van der Waals surface area contributed by atoms with E-state index in [0.717, 1.165) is 0 Å². The molecule has 2 rings (SSSR count). The predicted octanol–water partition coefficient (Wildman–Crippen LogP) is 4.17. The molecule has 1 aliphatic rings. The van der Waals surface area contributed by atoms with Gasteiger partial charge in [0.25, 0.3) is 0 Å². The van der Waals surface area contributed by atoms with E-state index >= 15 is 0 Å². The smallest absolute Gasteiger partial charge is 0.328 e. The number of benzene rings is 1. The summed E-state index contributed by atoms with van der Waals surface area (Å²) in [6, 6.07) is 0.404. The first-order valence-corrected chi connectivity index (χ1v) is 9.05. The number of carbonyl (C=O) groups excluding carboxylic acids is 2. The summed E-state index contributed by atoms with van der Waals surface area (Å²) < 4.78 is 78.0. The van der Waals surface area contributed by atoms with Gasteiger partial charge in [0, 0.05) is 22.8 Å². The molecule has 0 saturated carbocycles. The maximum absolute atomic E-state index is 13.0. The molecule has 0 aromatic heterocycles. The number of nitrogens with two attached hydrogens (primary N) is 1. The molecule has 1 saturated heterocycles. The van der Waals surface area contributed by atoms with E-state index in [9.17, 15) is 35.9 Å². The number of alkyl halides is 6. The van der Waals surface area contributed by atoms with Crippen LogP contribution in [0.1, 0.15) is 51.7 Å². The SMILES string of the molecule is CC1(C)CC(N)CC(C)(C)N1C(=O)C(=O)Nc1cc(C(F)(F)F)cc(C(F)(F)F)c1. The number of halogens is 6. The van der Waals surface area contributed by atoms with Gasteiger partial charge in [0.1, 0.15) is 0 Å². The van der Waals surface area contributed by atoms with Crippen LogP contribution in [0.3, 0.4) is 0 Å². The van der Waals surface area contributed by atoms with Crippen molar-refractivity contribution >= 4 is 17.5 Å². The van der Waals surface area contributed by atoms with Crippen molar-refractivity contribution in [1.82, 2.24) is 4.90 Å². The summed E-state index contributed by atoms with van der Waals surface area (Å²) >= 11 is 0. The van der Waals surface area contributed by atoms with Crippen LogP contribution in [0, 0.1) is 0 Å². The third-order valence-corrected chi connectivity index (χ3v) is 4.98. The highest BCUT2D eigenvalue weighted by molar-refractivity contribution is 6.39. The number of likely N-dealkylation sites (tertiary alicyclic amines) is 1. The molecule has 11 heteroatoms. The van der Waals surface area contributed by atoms with Crippen molar-refractivity contribution in [3.8, 4) is 0 Å². The highest BCUT2D eigenvalue weighted by Gasteiger charge is 2.48. The van der Waals surface area contributed by atoms with Crippen LogP contribution in [-0.4, -0.2) is 33.8 Å². The van der Waals surface area contributed by atoms with E-state index in [0.29, 0.717) is 25.0 Å². The summed E-state index contributed by atoms with van der Waals surface area (Å²) in [7, 11) is 0. The standard InChI is InChI=1S/C19H23F6N3O2/c1-16(2)8-12(26)9-17(3,4)28(16)15(30)14(29)27-13-6-10(18(20,21)22)5-11(7-13)19(23,24)25/h5-7,12H,8-9,26H2,1-4H3,(H,27,29). The number of nitrogens with zero attached hydrogens (tertiary/aromatic N) is 1. The number of carbonyl (C=O) groups is 2. The fourth-order valence-corrected chi connectivity index (χ4v) is 4.22. The van der Waals surface area contributed by atoms with Crippen LogP contribution in [-0.2, 0) is 21.9 Å². The summed E-state index contributed by atoms with van der Waals surface area (Å²) in [4.78, 5) is 26.6. The lowest BCUT2D eigenvalue weighted by Gasteiger charge is -2.54. The van der Waals surface area contributed by atoms with Crippen molar-refractivity contribution in [2.24, 2.45) is 5.73 Å². The maximum atomic E-state index is 13.0. The maximum Gasteiger partial charge on any atom is 0.416 e. The van der Waals surface area contributed by atoms with Crippen LogP contribution in [0.4, 0.5) is 32.0 Å². The summed E-state index contributed by atoms with van der Waals surface area (Å²) in [5.41, 5.74) is 0.354. The van der Waals surface area contributed by atoms with Gasteiger partial charge in [0.2, 0.25) is 0 Å². The zero-order chi connectivity index (χ0) is 23.3. The molecule has 30 heavy (non-hydrogen) atoms. The van der Waals surface area contributed by atoms with E-state index in [1.54, 1.807) is 27.7 Å². The molecule has 0 radical (unpaired) electrons. The van der Waals surface area contributed by atoms with Crippen molar-refractivity contribution in [3.63, 3.8) is 0 Å². The Balaban J connectivity index is 2.38. The molecule has 1 heterocycles. The van der Waals surface area contributed by atoms with Gasteiger partial charge >= 0.3 is 24.2 Å². The average Bonchev–Trinajstić information content (AvgIpc) is 2.49. The van der Waals surface area contributed by atoms with E-state index in [-0.39, 0.29) is 12.1 Å². The second kappa shape index (κ2) is 7.44. The summed E-state index contributed by atoms with van der Waals surface area (Å²) in [5.74, 6) is -2.40. The van der Waals surface area contributed by atoms with Crippen molar-refractivity contribution in [1.29, 1.82) is 0 Å².